The van der Waals surface area contributed by atoms with E-state index in [9.17, 15) is 0 Å². The number of halogens is 1. The van der Waals surface area contributed by atoms with Gasteiger partial charge in [-0.3, -0.25) is 4.68 Å². The van der Waals surface area contributed by atoms with Crippen molar-refractivity contribution >= 4 is 12.4 Å². The fraction of sp³-hybridized carbons (Fsp3) is 0.727. The molecule has 2 rings (SSSR count). The molecular weight excluding hydrogens is 226 g/mol. The molecule has 0 bridgehead atoms. The fourth-order valence-electron chi connectivity index (χ4n) is 2.00. The van der Waals surface area contributed by atoms with E-state index in [2.05, 4.69) is 16.5 Å². The maximum Gasteiger partial charge on any atom is 0.0700 e. The summed E-state index contributed by atoms with van der Waals surface area (Å²) in [5.41, 5.74) is 2.30. The van der Waals surface area contributed by atoms with Gasteiger partial charge in [-0.25, -0.2) is 0 Å². The van der Waals surface area contributed by atoms with Crippen molar-refractivity contribution in [1.82, 2.24) is 15.1 Å². The van der Waals surface area contributed by atoms with E-state index in [1.165, 1.54) is 18.5 Å². The van der Waals surface area contributed by atoms with E-state index in [-0.39, 0.29) is 12.4 Å². The average molecular weight is 246 g/mol. The predicted molar refractivity (Wildman–Crippen MR) is 65.9 cm³/mol. The lowest BCUT2D eigenvalue weighted by molar-refractivity contribution is 0.110. The second-order valence-electron chi connectivity index (χ2n) is 4.17. The highest BCUT2D eigenvalue weighted by Gasteiger charge is 2.14. The molecule has 2 heterocycles. The van der Waals surface area contributed by atoms with Crippen LogP contribution in [-0.4, -0.2) is 29.0 Å². The third kappa shape index (κ3) is 3.47. The van der Waals surface area contributed by atoms with E-state index in [1.54, 1.807) is 0 Å². The molecule has 0 aliphatic carbocycles. The largest absolute Gasteiger partial charge is 0.377 e. The molecule has 1 N–H and O–H groups in total. The Morgan fingerprint density at radius 1 is 1.62 bits per heavy atom. The Morgan fingerprint density at radius 2 is 2.44 bits per heavy atom. The third-order valence-corrected chi connectivity index (χ3v) is 2.80. The van der Waals surface area contributed by atoms with Gasteiger partial charge < -0.3 is 10.1 Å². The quantitative estimate of drug-likeness (QED) is 0.872. The zero-order valence-corrected chi connectivity index (χ0v) is 10.7. The molecule has 0 radical (unpaired) electrons. The maximum atomic E-state index is 5.54. The number of rotatable bonds is 4. The topological polar surface area (TPSA) is 39.1 Å². The highest BCUT2D eigenvalue weighted by Crippen LogP contribution is 2.10. The summed E-state index contributed by atoms with van der Waals surface area (Å²) in [6, 6.07) is 2.11. The first-order valence-corrected chi connectivity index (χ1v) is 5.57. The summed E-state index contributed by atoms with van der Waals surface area (Å²) in [6.07, 6.45) is 2.81. The molecule has 4 nitrogen and oxygen atoms in total. The van der Waals surface area contributed by atoms with Crippen molar-refractivity contribution in [3.05, 3.63) is 17.5 Å². The Morgan fingerprint density at radius 3 is 3.00 bits per heavy atom. The molecule has 1 atom stereocenters. The summed E-state index contributed by atoms with van der Waals surface area (Å²) < 4.78 is 7.47. The number of hydrogen-bond acceptors (Lipinski definition) is 3. The Bertz CT molecular complexity index is 321. The van der Waals surface area contributed by atoms with E-state index in [4.69, 9.17) is 4.74 Å². The minimum atomic E-state index is 0. The summed E-state index contributed by atoms with van der Waals surface area (Å²) in [5.74, 6) is 0. The van der Waals surface area contributed by atoms with E-state index in [1.807, 2.05) is 18.7 Å². The van der Waals surface area contributed by atoms with Crippen molar-refractivity contribution in [3.63, 3.8) is 0 Å². The molecule has 16 heavy (non-hydrogen) atoms. The predicted octanol–water partition coefficient (Wildman–Crippen LogP) is 1.42. The second kappa shape index (κ2) is 6.23. The van der Waals surface area contributed by atoms with Crippen LogP contribution in [0.1, 0.15) is 24.2 Å². The van der Waals surface area contributed by atoms with Gasteiger partial charge in [0.05, 0.1) is 17.5 Å². The first-order chi connectivity index (χ1) is 7.25. The van der Waals surface area contributed by atoms with Crippen LogP contribution in [0.25, 0.3) is 0 Å². The Balaban J connectivity index is 0.00000128. The Hall–Kier alpha value is -0.580. The zero-order valence-electron chi connectivity index (χ0n) is 9.90. The monoisotopic (exact) mass is 245 g/mol. The van der Waals surface area contributed by atoms with E-state index in [0.717, 1.165) is 25.4 Å². The van der Waals surface area contributed by atoms with E-state index >= 15 is 0 Å². The third-order valence-electron chi connectivity index (χ3n) is 2.80. The number of ether oxygens (including phenoxy) is 1. The molecule has 1 aromatic rings. The molecule has 0 spiro atoms. The van der Waals surface area contributed by atoms with Crippen LogP contribution in [0.4, 0.5) is 0 Å². The van der Waals surface area contributed by atoms with Gasteiger partial charge in [-0.2, -0.15) is 5.10 Å². The van der Waals surface area contributed by atoms with E-state index < -0.39 is 0 Å². The first-order valence-electron chi connectivity index (χ1n) is 5.57. The standard InChI is InChI=1S/C11H19N3O.ClH/c1-9-6-10(14(2)13-9)7-12-8-11-4-3-5-15-11;/h6,11-12H,3-5,7-8H2,1-2H3;1H. The number of aromatic nitrogens is 2. The van der Waals surface area contributed by atoms with Crippen LogP contribution in [0.2, 0.25) is 0 Å². The van der Waals surface area contributed by atoms with Gasteiger partial charge in [0.1, 0.15) is 0 Å². The summed E-state index contributed by atoms with van der Waals surface area (Å²) in [5, 5.41) is 7.72. The summed E-state index contributed by atoms with van der Waals surface area (Å²) in [6.45, 7) is 4.77. The molecule has 5 heteroatoms. The minimum absolute atomic E-state index is 0. The molecule has 1 unspecified atom stereocenters. The van der Waals surface area contributed by atoms with Crippen LogP contribution in [0.5, 0.6) is 0 Å². The van der Waals surface area contributed by atoms with Gasteiger partial charge >= 0.3 is 0 Å². The summed E-state index contributed by atoms with van der Waals surface area (Å²) in [7, 11) is 1.98. The number of hydrogen-bond donors (Lipinski definition) is 1. The van der Waals surface area contributed by atoms with Crippen molar-refractivity contribution in [2.24, 2.45) is 7.05 Å². The SMILES string of the molecule is Cc1cc(CNCC2CCCO2)n(C)n1.Cl. The van der Waals surface area contributed by atoms with Crippen LogP contribution in [0.3, 0.4) is 0 Å². The summed E-state index contributed by atoms with van der Waals surface area (Å²) in [4.78, 5) is 0. The van der Waals surface area contributed by atoms with Crippen molar-refractivity contribution in [2.75, 3.05) is 13.2 Å². The smallest absolute Gasteiger partial charge is 0.0700 e. The second-order valence-corrected chi connectivity index (χ2v) is 4.17. The van der Waals surface area contributed by atoms with Gasteiger partial charge in [-0.1, -0.05) is 0 Å². The van der Waals surface area contributed by atoms with Crippen LogP contribution < -0.4 is 5.32 Å². The van der Waals surface area contributed by atoms with Gasteiger partial charge in [0.2, 0.25) is 0 Å². The van der Waals surface area contributed by atoms with Gasteiger partial charge in [-0.05, 0) is 25.8 Å². The average Bonchev–Trinajstić information content (AvgIpc) is 2.77. The molecule has 1 fully saturated rings. The molecule has 1 aliphatic heterocycles. The van der Waals surface area contributed by atoms with Crippen LogP contribution in [0.15, 0.2) is 6.07 Å². The van der Waals surface area contributed by atoms with Crippen LogP contribution in [0, 0.1) is 6.92 Å². The lowest BCUT2D eigenvalue weighted by atomic mass is 10.2. The minimum Gasteiger partial charge on any atom is -0.377 e. The lowest BCUT2D eigenvalue weighted by Crippen LogP contribution is -2.26. The van der Waals surface area contributed by atoms with Gasteiger partial charge in [0, 0.05) is 26.7 Å². The fourth-order valence-corrected chi connectivity index (χ4v) is 2.00. The molecule has 0 aromatic carbocycles. The summed E-state index contributed by atoms with van der Waals surface area (Å²) >= 11 is 0. The molecule has 0 amide bonds. The first kappa shape index (κ1) is 13.5. The van der Waals surface area contributed by atoms with Crippen LogP contribution in [-0.2, 0) is 18.3 Å². The number of aryl methyl sites for hydroxylation is 2. The van der Waals surface area contributed by atoms with Crippen molar-refractivity contribution in [1.29, 1.82) is 0 Å². The molecule has 0 saturated carbocycles. The van der Waals surface area contributed by atoms with Crippen molar-refractivity contribution < 1.29 is 4.74 Å². The maximum absolute atomic E-state index is 5.54. The Kier molecular flexibility index (Phi) is 5.25. The zero-order chi connectivity index (χ0) is 10.7. The lowest BCUT2D eigenvalue weighted by Gasteiger charge is -2.10. The van der Waals surface area contributed by atoms with Crippen molar-refractivity contribution in [3.8, 4) is 0 Å². The Labute approximate surface area is 103 Å². The van der Waals surface area contributed by atoms with Crippen molar-refractivity contribution in [2.45, 2.75) is 32.4 Å². The molecule has 92 valence electrons. The molecule has 1 aromatic heterocycles. The molecule has 1 saturated heterocycles. The highest BCUT2D eigenvalue weighted by molar-refractivity contribution is 5.85. The van der Waals surface area contributed by atoms with Crippen LogP contribution >= 0.6 is 12.4 Å². The van der Waals surface area contributed by atoms with Gasteiger partial charge in [-0.15, -0.1) is 12.4 Å². The number of nitrogens with zero attached hydrogens (tertiary/aromatic N) is 2. The van der Waals surface area contributed by atoms with Gasteiger partial charge in [0.25, 0.3) is 0 Å². The van der Waals surface area contributed by atoms with E-state index in [0.29, 0.717) is 6.10 Å². The molecular formula is C11H20ClN3O. The molecule has 1 aliphatic rings. The highest BCUT2D eigenvalue weighted by atomic mass is 35.5. The normalized spacial score (nSPS) is 19.8. The number of nitrogens with one attached hydrogen (secondary N) is 1. The van der Waals surface area contributed by atoms with Gasteiger partial charge in [0.15, 0.2) is 0 Å².